The Kier molecular flexibility index (Phi) is 5.34. The number of ether oxygens (including phenoxy) is 1. The number of hydrogen-bond acceptors (Lipinski definition) is 3. The number of nitrogens with two attached hydrogens (primary N) is 1. The fraction of sp³-hybridized carbons (Fsp3) is 0.600. The van der Waals surface area contributed by atoms with Crippen LogP contribution < -0.4 is 15.8 Å². The van der Waals surface area contributed by atoms with Gasteiger partial charge in [0.15, 0.2) is 0 Å². The summed E-state index contributed by atoms with van der Waals surface area (Å²) in [7, 11) is 0. The molecule has 19 heavy (non-hydrogen) atoms. The summed E-state index contributed by atoms with van der Waals surface area (Å²) >= 11 is 6.08. The molecule has 0 heterocycles. The van der Waals surface area contributed by atoms with E-state index in [0.29, 0.717) is 18.6 Å². The number of anilines is 1. The zero-order valence-corrected chi connectivity index (χ0v) is 12.2. The zero-order valence-electron chi connectivity index (χ0n) is 11.5. The molecule has 0 aliphatic heterocycles. The Hall–Kier alpha value is -0.930. The van der Waals surface area contributed by atoms with E-state index >= 15 is 0 Å². The van der Waals surface area contributed by atoms with Gasteiger partial charge in [0.05, 0.1) is 12.3 Å². The molecular weight excluding hydrogens is 260 g/mol. The first-order chi connectivity index (χ1) is 9.24. The standard InChI is InChI=1S/C15H23ClN2O/c1-2-19-15-8-7-12(16)9-14(15)18-13-6-4-3-5-11(13)10-17/h7-9,11,13,18H,2-6,10,17H2,1H3. The van der Waals surface area contributed by atoms with Crippen LogP contribution in [-0.4, -0.2) is 19.2 Å². The van der Waals surface area contributed by atoms with Crippen LogP contribution in [0.2, 0.25) is 5.02 Å². The predicted molar refractivity (Wildman–Crippen MR) is 81.0 cm³/mol. The van der Waals surface area contributed by atoms with Crippen molar-refractivity contribution in [3.05, 3.63) is 23.2 Å². The first-order valence-corrected chi connectivity index (χ1v) is 7.51. The number of rotatable bonds is 5. The molecule has 106 valence electrons. The minimum absolute atomic E-state index is 0.427. The number of halogens is 1. The molecule has 1 aliphatic rings. The van der Waals surface area contributed by atoms with Gasteiger partial charge >= 0.3 is 0 Å². The van der Waals surface area contributed by atoms with Crippen molar-refractivity contribution in [2.45, 2.75) is 38.6 Å². The molecule has 3 N–H and O–H groups in total. The molecule has 0 spiro atoms. The number of nitrogens with one attached hydrogen (secondary N) is 1. The Morgan fingerprint density at radius 1 is 1.37 bits per heavy atom. The van der Waals surface area contributed by atoms with E-state index in [9.17, 15) is 0 Å². The van der Waals surface area contributed by atoms with Gasteiger partial charge in [-0.1, -0.05) is 24.4 Å². The van der Waals surface area contributed by atoms with Gasteiger partial charge in [0, 0.05) is 11.1 Å². The zero-order chi connectivity index (χ0) is 13.7. The monoisotopic (exact) mass is 282 g/mol. The Labute approximate surface area is 120 Å². The lowest BCUT2D eigenvalue weighted by atomic mass is 9.84. The predicted octanol–water partition coefficient (Wildman–Crippen LogP) is 3.67. The minimum Gasteiger partial charge on any atom is -0.492 e. The molecule has 3 nitrogen and oxygen atoms in total. The molecule has 2 atom stereocenters. The van der Waals surface area contributed by atoms with Gasteiger partial charge in [-0.25, -0.2) is 0 Å². The van der Waals surface area contributed by atoms with E-state index in [1.807, 2.05) is 25.1 Å². The highest BCUT2D eigenvalue weighted by Gasteiger charge is 2.24. The van der Waals surface area contributed by atoms with E-state index < -0.39 is 0 Å². The fourth-order valence-electron chi connectivity index (χ4n) is 2.78. The number of hydrogen-bond donors (Lipinski definition) is 2. The first kappa shape index (κ1) is 14.5. The van der Waals surface area contributed by atoms with Crippen LogP contribution in [0.15, 0.2) is 18.2 Å². The van der Waals surface area contributed by atoms with E-state index in [-0.39, 0.29) is 0 Å². The van der Waals surface area contributed by atoms with Gasteiger partial charge in [0.1, 0.15) is 5.75 Å². The number of benzene rings is 1. The maximum Gasteiger partial charge on any atom is 0.142 e. The molecule has 0 bridgehead atoms. The lowest BCUT2D eigenvalue weighted by Crippen LogP contribution is -2.36. The van der Waals surface area contributed by atoms with Gasteiger partial charge in [-0.3, -0.25) is 0 Å². The van der Waals surface area contributed by atoms with Crippen LogP contribution in [-0.2, 0) is 0 Å². The van der Waals surface area contributed by atoms with Crippen molar-refractivity contribution in [1.82, 2.24) is 0 Å². The van der Waals surface area contributed by atoms with E-state index in [0.717, 1.165) is 23.0 Å². The van der Waals surface area contributed by atoms with Gasteiger partial charge in [-0.05, 0) is 50.4 Å². The van der Waals surface area contributed by atoms with E-state index in [1.54, 1.807) is 0 Å². The molecule has 1 saturated carbocycles. The van der Waals surface area contributed by atoms with Crippen LogP contribution in [0.25, 0.3) is 0 Å². The molecule has 0 saturated heterocycles. The van der Waals surface area contributed by atoms with E-state index in [4.69, 9.17) is 22.1 Å². The Morgan fingerprint density at radius 2 is 2.16 bits per heavy atom. The Bertz CT molecular complexity index is 411. The van der Waals surface area contributed by atoms with Gasteiger partial charge in [0.25, 0.3) is 0 Å². The van der Waals surface area contributed by atoms with Gasteiger partial charge in [0.2, 0.25) is 0 Å². The van der Waals surface area contributed by atoms with Crippen molar-refractivity contribution in [2.24, 2.45) is 11.7 Å². The fourth-order valence-corrected chi connectivity index (χ4v) is 2.95. The van der Waals surface area contributed by atoms with Crippen molar-refractivity contribution < 1.29 is 4.74 Å². The average molecular weight is 283 g/mol. The third kappa shape index (κ3) is 3.77. The molecule has 1 fully saturated rings. The van der Waals surface area contributed by atoms with E-state index in [1.165, 1.54) is 25.7 Å². The van der Waals surface area contributed by atoms with Crippen LogP contribution in [0.3, 0.4) is 0 Å². The molecule has 2 unspecified atom stereocenters. The molecule has 2 rings (SSSR count). The highest BCUT2D eigenvalue weighted by atomic mass is 35.5. The van der Waals surface area contributed by atoms with Gasteiger partial charge < -0.3 is 15.8 Å². The van der Waals surface area contributed by atoms with Crippen LogP contribution in [0.1, 0.15) is 32.6 Å². The summed E-state index contributed by atoms with van der Waals surface area (Å²) in [6.45, 7) is 3.38. The lowest BCUT2D eigenvalue weighted by molar-refractivity contribution is 0.325. The third-order valence-electron chi connectivity index (χ3n) is 3.79. The summed E-state index contributed by atoms with van der Waals surface area (Å²) in [6.07, 6.45) is 4.92. The minimum atomic E-state index is 0.427. The highest BCUT2D eigenvalue weighted by molar-refractivity contribution is 6.30. The Balaban J connectivity index is 2.14. The summed E-state index contributed by atoms with van der Waals surface area (Å²) in [5, 5.41) is 4.31. The summed E-state index contributed by atoms with van der Waals surface area (Å²) in [5.41, 5.74) is 6.86. The highest BCUT2D eigenvalue weighted by Crippen LogP contribution is 2.32. The summed E-state index contributed by atoms with van der Waals surface area (Å²) in [6, 6.07) is 6.15. The van der Waals surface area contributed by atoms with Gasteiger partial charge in [-0.15, -0.1) is 0 Å². The second-order valence-electron chi connectivity index (χ2n) is 5.10. The summed E-state index contributed by atoms with van der Waals surface area (Å²) < 4.78 is 5.65. The molecule has 4 heteroatoms. The van der Waals surface area contributed by atoms with Crippen LogP contribution in [0.4, 0.5) is 5.69 Å². The van der Waals surface area contributed by atoms with Crippen molar-refractivity contribution >= 4 is 17.3 Å². The maximum absolute atomic E-state index is 6.08. The molecule has 1 aliphatic carbocycles. The SMILES string of the molecule is CCOc1ccc(Cl)cc1NC1CCCCC1CN. The van der Waals surface area contributed by atoms with Crippen LogP contribution >= 0.6 is 11.6 Å². The van der Waals surface area contributed by atoms with Crippen molar-refractivity contribution in [3.8, 4) is 5.75 Å². The second-order valence-corrected chi connectivity index (χ2v) is 5.54. The molecule has 0 radical (unpaired) electrons. The molecule has 1 aromatic rings. The molecule has 1 aromatic carbocycles. The first-order valence-electron chi connectivity index (χ1n) is 7.13. The van der Waals surface area contributed by atoms with Crippen molar-refractivity contribution in [3.63, 3.8) is 0 Å². The van der Waals surface area contributed by atoms with E-state index in [2.05, 4.69) is 5.32 Å². The third-order valence-corrected chi connectivity index (χ3v) is 4.03. The topological polar surface area (TPSA) is 47.3 Å². The lowest BCUT2D eigenvalue weighted by Gasteiger charge is -2.32. The smallest absolute Gasteiger partial charge is 0.142 e. The van der Waals surface area contributed by atoms with Crippen molar-refractivity contribution in [2.75, 3.05) is 18.5 Å². The van der Waals surface area contributed by atoms with Gasteiger partial charge in [-0.2, -0.15) is 0 Å². The molecule has 0 aromatic heterocycles. The van der Waals surface area contributed by atoms with Crippen LogP contribution in [0, 0.1) is 5.92 Å². The second kappa shape index (κ2) is 7.01. The summed E-state index contributed by atoms with van der Waals surface area (Å²) in [4.78, 5) is 0. The molecular formula is C15H23ClN2O. The quantitative estimate of drug-likeness (QED) is 0.866. The summed E-state index contributed by atoms with van der Waals surface area (Å²) in [5.74, 6) is 1.41. The van der Waals surface area contributed by atoms with Crippen LogP contribution in [0.5, 0.6) is 5.75 Å². The molecule has 0 amide bonds. The maximum atomic E-state index is 6.08. The average Bonchev–Trinajstić information content (AvgIpc) is 2.42. The normalized spacial score (nSPS) is 23.1. The Morgan fingerprint density at radius 3 is 2.89 bits per heavy atom. The largest absolute Gasteiger partial charge is 0.492 e. The van der Waals surface area contributed by atoms with Crippen molar-refractivity contribution in [1.29, 1.82) is 0 Å².